The van der Waals surface area contributed by atoms with Crippen LogP contribution in [0.15, 0.2) is 36.4 Å². The van der Waals surface area contributed by atoms with Gasteiger partial charge in [-0.05, 0) is 62.9 Å². The zero-order chi connectivity index (χ0) is 18.9. The molecule has 1 atom stereocenters. The van der Waals surface area contributed by atoms with Crippen LogP contribution in [0.2, 0.25) is 0 Å². The van der Waals surface area contributed by atoms with Crippen molar-refractivity contribution < 1.29 is 8.78 Å². The molecule has 2 aromatic rings. The van der Waals surface area contributed by atoms with Crippen molar-refractivity contribution in [2.45, 2.75) is 39.3 Å². The highest BCUT2D eigenvalue weighted by Crippen LogP contribution is 2.39. The Morgan fingerprint density at radius 2 is 1.74 bits per heavy atom. The highest BCUT2D eigenvalue weighted by atomic mass is 19.2. The van der Waals surface area contributed by atoms with E-state index in [1.807, 2.05) is 13.0 Å². The lowest BCUT2D eigenvalue weighted by Crippen LogP contribution is -2.44. The lowest BCUT2D eigenvalue weighted by molar-refractivity contribution is 0.0855. The molecule has 0 saturated carbocycles. The number of benzene rings is 1. The summed E-state index contributed by atoms with van der Waals surface area (Å²) in [5.41, 5.74) is 2.92. The van der Waals surface area contributed by atoms with Gasteiger partial charge in [0.1, 0.15) is 0 Å². The first-order chi connectivity index (χ1) is 13.0. The molecule has 1 aromatic carbocycles. The summed E-state index contributed by atoms with van der Waals surface area (Å²) in [6, 6.07) is 10.7. The summed E-state index contributed by atoms with van der Waals surface area (Å²) in [5.74, 6) is -1.45. The number of pyridine rings is 1. The van der Waals surface area contributed by atoms with Crippen molar-refractivity contribution in [3.8, 4) is 0 Å². The van der Waals surface area contributed by atoms with E-state index in [2.05, 4.69) is 26.9 Å². The third-order valence-electron chi connectivity index (χ3n) is 6.01. The predicted molar refractivity (Wildman–Crippen MR) is 102 cm³/mol. The molecule has 4 rings (SSSR count). The maximum Gasteiger partial charge on any atom is 0.163 e. The summed E-state index contributed by atoms with van der Waals surface area (Å²) in [6.07, 6.45) is 3.50. The van der Waals surface area contributed by atoms with Crippen LogP contribution < -0.4 is 0 Å². The zero-order valence-electron chi connectivity index (χ0n) is 15.9. The second-order valence-corrected chi connectivity index (χ2v) is 8.26. The number of halogens is 2. The van der Waals surface area contributed by atoms with Crippen molar-refractivity contribution in [3.05, 3.63) is 65.0 Å². The van der Waals surface area contributed by atoms with Crippen LogP contribution in [0.3, 0.4) is 0 Å². The number of aryl methyl sites for hydroxylation is 1. The van der Waals surface area contributed by atoms with E-state index in [0.29, 0.717) is 12.1 Å². The summed E-state index contributed by atoms with van der Waals surface area (Å²) in [5, 5.41) is 0. The Labute approximate surface area is 160 Å². The maximum atomic E-state index is 14.0. The van der Waals surface area contributed by atoms with E-state index in [1.165, 1.54) is 18.9 Å². The minimum absolute atomic E-state index is 0.270. The first-order valence-electron chi connectivity index (χ1n) is 9.83. The quantitative estimate of drug-likeness (QED) is 0.805. The first kappa shape index (κ1) is 18.5. The van der Waals surface area contributed by atoms with E-state index < -0.39 is 11.6 Å². The van der Waals surface area contributed by atoms with Crippen molar-refractivity contribution in [3.63, 3.8) is 0 Å². The maximum absolute atomic E-state index is 14.0. The van der Waals surface area contributed by atoms with Gasteiger partial charge in [0.15, 0.2) is 11.6 Å². The highest BCUT2D eigenvalue weighted by Gasteiger charge is 2.41. The number of piperidine rings is 1. The lowest BCUT2D eigenvalue weighted by Gasteiger charge is -2.40. The highest BCUT2D eigenvalue weighted by molar-refractivity contribution is 5.19. The van der Waals surface area contributed by atoms with Crippen LogP contribution in [0, 0.1) is 24.0 Å². The molecule has 0 amide bonds. The van der Waals surface area contributed by atoms with Gasteiger partial charge < -0.3 is 0 Å². The molecule has 0 unspecified atom stereocenters. The third-order valence-corrected chi connectivity index (χ3v) is 6.01. The van der Waals surface area contributed by atoms with Gasteiger partial charge in [0.05, 0.1) is 5.69 Å². The van der Waals surface area contributed by atoms with Gasteiger partial charge in [-0.2, -0.15) is 0 Å². The molecule has 0 aliphatic carbocycles. The molecule has 5 heteroatoms. The van der Waals surface area contributed by atoms with Gasteiger partial charge in [0.2, 0.25) is 0 Å². The van der Waals surface area contributed by atoms with Crippen molar-refractivity contribution in [1.29, 1.82) is 0 Å². The number of hydrogen-bond acceptors (Lipinski definition) is 3. The topological polar surface area (TPSA) is 19.4 Å². The van der Waals surface area contributed by atoms with Gasteiger partial charge >= 0.3 is 0 Å². The standard InChI is InChI=1S/C22H27F2N3/c1-17-5-2-7-19(25-17)14-27-12-10-22(16-27)9-4-11-26(15-22)13-18-6-3-8-20(23)21(18)24/h2-3,5-8H,4,9-16H2,1H3/t22-/m1/s1. The van der Waals surface area contributed by atoms with Crippen LogP contribution in [-0.2, 0) is 13.1 Å². The van der Waals surface area contributed by atoms with Crippen LogP contribution in [0.1, 0.15) is 36.2 Å². The number of likely N-dealkylation sites (tertiary alicyclic amines) is 2. The Kier molecular flexibility index (Phi) is 5.24. The molecule has 1 aromatic heterocycles. The minimum Gasteiger partial charge on any atom is -0.298 e. The third kappa shape index (κ3) is 4.19. The number of nitrogens with zero attached hydrogens (tertiary/aromatic N) is 3. The van der Waals surface area contributed by atoms with Gasteiger partial charge in [-0.15, -0.1) is 0 Å². The fourth-order valence-corrected chi connectivity index (χ4v) is 4.77. The molecule has 144 valence electrons. The Morgan fingerprint density at radius 1 is 0.963 bits per heavy atom. The number of aromatic nitrogens is 1. The Morgan fingerprint density at radius 3 is 2.56 bits per heavy atom. The first-order valence-corrected chi connectivity index (χ1v) is 9.83. The second-order valence-electron chi connectivity index (χ2n) is 8.26. The van der Waals surface area contributed by atoms with E-state index in [-0.39, 0.29) is 5.41 Å². The molecule has 1 spiro atoms. The average Bonchev–Trinajstić information content (AvgIpc) is 3.01. The molecular weight excluding hydrogens is 344 g/mol. The molecule has 2 aliphatic rings. The van der Waals surface area contributed by atoms with E-state index in [9.17, 15) is 8.78 Å². The van der Waals surface area contributed by atoms with Gasteiger partial charge in [-0.25, -0.2) is 8.78 Å². The summed E-state index contributed by atoms with van der Waals surface area (Å²) in [4.78, 5) is 9.43. The molecule has 0 bridgehead atoms. The van der Waals surface area contributed by atoms with Gasteiger partial charge in [-0.1, -0.05) is 18.2 Å². The molecule has 2 fully saturated rings. The smallest absolute Gasteiger partial charge is 0.163 e. The molecule has 0 radical (unpaired) electrons. The van der Waals surface area contributed by atoms with Crippen molar-refractivity contribution in [1.82, 2.24) is 14.8 Å². The fourth-order valence-electron chi connectivity index (χ4n) is 4.77. The summed E-state index contributed by atoms with van der Waals surface area (Å²) < 4.78 is 27.6. The van der Waals surface area contributed by atoms with Crippen molar-refractivity contribution in [2.24, 2.45) is 5.41 Å². The largest absolute Gasteiger partial charge is 0.298 e. The molecule has 3 nitrogen and oxygen atoms in total. The van der Waals surface area contributed by atoms with Gasteiger partial charge in [-0.3, -0.25) is 14.8 Å². The molecule has 2 aliphatic heterocycles. The summed E-state index contributed by atoms with van der Waals surface area (Å²) in [6.45, 7) is 7.46. The van der Waals surface area contributed by atoms with E-state index >= 15 is 0 Å². The molecule has 2 saturated heterocycles. The number of rotatable bonds is 4. The molecular formula is C22H27F2N3. The lowest BCUT2D eigenvalue weighted by atomic mass is 9.79. The van der Waals surface area contributed by atoms with E-state index in [4.69, 9.17) is 0 Å². The second kappa shape index (κ2) is 7.64. The average molecular weight is 371 g/mol. The van der Waals surface area contributed by atoms with Crippen molar-refractivity contribution >= 4 is 0 Å². The normalized spacial score (nSPS) is 24.0. The predicted octanol–water partition coefficient (Wildman–Crippen LogP) is 4.16. The Bertz CT molecular complexity index is 810. The van der Waals surface area contributed by atoms with Crippen LogP contribution in [0.4, 0.5) is 8.78 Å². The zero-order valence-corrected chi connectivity index (χ0v) is 15.9. The minimum atomic E-state index is -0.753. The van der Waals surface area contributed by atoms with Crippen LogP contribution >= 0.6 is 0 Å². The van der Waals surface area contributed by atoms with Gasteiger partial charge in [0, 0.05) is 37.4 Å². The molecule has 3 heterocycles. The van der Waals surface area contributed by atoms with Gasteiger partial charge in [0.25, 0.3) is 0 Å². The van der Waals surface area contributed by atoms with Crippen LogP contribution in [0.5, 0.6) is 0 Å². The van der Waals surface area contributed by atoms with Crippen LogP contribution in [-0.4, -0.2) is 41.0 Å². The van der Waals surface area contributed by atoms with E-state index in [1.54, 1.807) is 12.1 Å². The SMILES string of the molecule is Cc1cccc(CN2CC[C@@]3(CCCN(Cc4cccc(F)c4F)C3)C2)n1. The molecule has 0 N–H and O–H groups in total. The van der Waals surface area contributed by atoms with Crippen molar-refractivity contribution in [2.75, 3.05) is 26.2 Å². The summed E-state index contributed by atoms with van der Waals surface area (Å²) in [7, 11) is 0. The number of hydrogen-bond donors (Lipinski definition) is 0. The Balaban J connectivity index is 1.40. The van der Waals surface area contributed by atoms with Crippen LogP contribution in [0.25, 0.3) is 0 Å². The monoisotopic (exact) mass is 371 g/mol. The molecule has 27 heavy (non-hydrogen) atoms. The fraction of sp³-hybridized carbons (Fsp3) is 0.500. The van der Waals surface area contributed by atoms with E-state index in [0.717, 1.165) is 50.5 Å². The Hall–Kier alpha value is -1.85. The summed E-state index contributed by atoms with van der Waals surface area (Å²) >= 11 is 0.